The van der Waals surface area contributed by atoms with E-state index in [4.69, 9.17) is 19.4 Å². The molecule has 0 fully saturated rings. The highest BCUT2D eigenvalue weighted by Crippen LogP contribution is 2.36. The summed E-state index contributed by atoms with van der Waals surface area (Å²) in [5.41, 5.74) is 12.6. The fourth-order valence-electron chi connectivity index (χ4n) is 2.49. The Balaban J connectivity index is 3.84. The third-order valence-electron chi connectivity index (χ3n) is 4.07. The summed E-state index contributed by atoms with van der Waals surface area (Å²) >= 11 is 1.27. The molecule has 0 aliphatic heterocycles. The van der Waals surface area contributed by atoms with E-state index in [0.29, 0.717) is 50.9 Å². The summed E-state index contributed by atoms with van der Waals surface area (Å²) in [6, 6.07) is -0.200. The van der Waals surface area contributed by atoms with E-state index < -0.39 is 8.15 Å². The van der Waals surface area contributed by atoms with Crippen LogP contribution in [0, 0.1) is 0 Å². The van der Waals surface area contributed by atoms with Crippen molar-refractivity contribution >= 4 is 32.0 Å². The first-order valence-corrected chi connectivity index (χ1v) is 13.4. The summed E-state index contributed by atoms with van der Waals surface area (Å²) in [6.45, 7) is 8.02. The van der Waals surface area contributed by atoms with Crippen molar-refractivity contribution in [1.29, 1.82) is 0 Å². The zero-order valence-corrected chi connectivity index (χ0v) is 21.6. The fourth-order valence-corrected chi connectivity index (χ4v) is 4.42. The molecule has 0 radical (unpaired) electrons. The fraction of sp³-hybridized carbons (Fsp3) is 0.789. The van der Waals surface area contributed by atoms with Crippen molar-refractivity contribution in [2.24, 2.45) is 5.73 Å². The van der Waals surface area contributed by atoms with Crippen LogP contribution in [0.1, 0.15) is 26.7 Å². The van der Waals surface area contributed by atoms with E-state index in [1.54, 1.807) is 7.11 Å². The molecule has 0 saturated heterocycles. The number of hydrogen-bond donors (Lipinski definition) is 6. The number of hydrogen-bond acceptors (Lipinski definition) is 10. The molecule has 0 heterocycles. The Morgan fingerprint density at radius 1 is 1.09 bits per heavy atom. The number of nitrogens with two attached hydrogens (primary N) is 1. The highest BCUT2D eigenvalue weighted by atomic mass is 32.2. The van der Waals surface area contributed by atoms with Crippen molar-refractivity contribution in [3.05, 3.63) is 11.8 Å². The van der Waals surface area contributed by atoms with Gasteiger partial charge in [-0.3, -0.25) is 13.6 Å². The van der Waals surface area contributed by atoms with Crippen LogP contribution in [-0.4, -0.2) is 82.9 Å². The lowest BCUT2D eigenvalue weighted by molar-refractivity contribution is -0.121. The standard InChI is InChI=1S/C19H41N6O5PS/c1-6-17(21-9-10-24-28-3)16(20)7-8-18(26)22-11-12-32-30-31(5)14-19(27)23-13-15(2)25-29-4/h6,15-16,21,24-25H,7-14,20H2,1-5H3,(H,22,26)(H,23,27)/b17-6+/t15?,16-,31?/m0/s1. The van der Waals surface area contributed by atoms with Crippen molar-refractivity contribution < 1.29 is 23.2 Å². The molecule has 0 rings (SSSR count). The number of carbonyl (C=O) groups excluding carboxylic acids is 2. The molecule has 7 N–H and O–H groups in total. The molecule has 0 saturated carbocycles. The van der Waals surface area contributed by atoms with Crippen molar-refractivity contribution in [2.45, 2.75) is 38.8 Å². The van der Waals surface area contributed by atoms with E-state index in [0.717, 1.165) is 5.70 Å². The van der Waals surface area contributed by atoms with Gasteiger partial charge in [-0.1, -0.05) is 6.08 Å². The molecule has 13 heteroatoms. The van der Waals surface area contributed by atoms with Gasteiger partial charge in [-0.2, -0.15) is 5.48 Å². The summed E-state index contributed by atoms with van der Waals surface area (Å²) in [7, 11) is 2.22. The van der Waals surface area contributed by atoms with Crippen molar-refractivity contribution in [3.63, 3.8) is 0 Å². The minimum atomic E-state index is -0.879. The van der Waals surface area contributed by atoms with E-state index in [2.05, 4.69) is 26.9 Å². The van der Waals surface area contributed by atoms with Crippen molar-refractivity contribution in [3.8, 4) is 0 Å². The molecule has 188 valence electrons. The normalized spacial score (nSPS) is 14.5. The van der Waals surface area contributed by atoms with Gasteiger partial charge in [-0.05, 0) is 39.0 Å². The van der Waals surface area contributed by atoms with Crippen LogP contribution >= 0.6 is 20.2 Å². The molecule has 0 aromatic carbocycles. The maximum absolute atomic E-state index is 12.0. The van der Waals surface area contributed by atoms with Gasteiger partial charge in [0.05, 0.1) is 28.5 Å². The van der Waals surface area contributed by atoms with Gasteiger partial charge < -0.3 is 31.4 Å². The molecule has 0 aliphatic rings. The summed E-state index contributed by atoms with van der Waals surface area (Å²) in [5, 5.41) is 8.93. The maximum atomic E-state index is 12.0. The van der Waals surface area contributed by atoms with Crippen LogP contribution in [0.3, 0.4) is 0 Å². The zero-order valence-electron chi connectivity index (χ0n) is 19.9. The van der Waals surface area contributed by atoms with Gasteiger partial charge in [-0.15, -0.1) is 0 Å². The zero-order chi connectivity index (χ0) is 24.2. The molecular weight excluding hydrogens is 455 g/mol. The third kappa shape index (κ3) is 17.6. The van der Waals surface area contributed by atoms with Crippen LogP contribution in [0.15, 0.2) is 11.8 Å². The Kier molecular flexibility index (Phi) is 20.0. The molecule has 2 unspecified atom stereocenters. The molecule has 0 aromatic heterocycles. The summed E-state index contributed by atoms with van der Waals surface area (Å²) < 4.78 is 5.63. The highest BCUT2D eigenvalue weighted by Gasteiger charge is 2.13. The van der Waals surface area contributed by atoms with Gasteiger partial charge in [-0.25, -0.2) is 5.48 Å². The number of amides is 2. The first-order valence-electron chi connectivity index (χ1n) is 10.6. The minimum absolute atomic E-state index is 0.0273. The lowest BCUT2D eigenvalue weighted by Crippen LogP contribution is -2.39. The van der Waals surface area contributed by atoms with Crippen LogP contribution in [0.2, 0.25) is 0 Å². The van der Waals surface area contributed by atoms with Gasteiger partial charge in [0.25, 0.3) is 0 Å². The summed E-state index contributed by atoms with van der Waals surface area (Å²) in [6.07, 6.45) is 3.14. The second kappa shape index (κ2) is 20.6. The molecular formula is C19H41N6O5PS. The smallest absolute Gasteiger partial charge is 0.226 e. The maximum Gasteiger partial charge on any atom is 0.226 e. The van der Waals surface area contributed by atoms with Gasteiger partial charge in [0.15, 0.2) is 0 Å². The molecule has 2 amide bonds. The molecule has 0 aromatic rings. The molecule has 0 spiro atoms. The van der Waals surface area contributed by atoms with Crippen LogP contribution in [-0.2, 0) is 23.2 Å². The summed E-state index contributed by atoms with van der Waals surface area (Å²) in [5.74, 6) is 0.503. The quantitative estimate of drug-likeness (QED) is 0.0598. The van der Waals surface area contributed by atoms with E-state index in [1.165, 1.54) is 19.2 Å². The Morgan fingerprint density at radius 2 is 1.84 bits per heavy atom. The predicted octanol–water partition coefficient (Wildman–Crippen LogP) is 0.202. The first-order chi connectivity index (χ1) is 15.3. The second-order valence-electron chi connectivity index (χ2n) is 6.97. The van der Waals surface area contributed by atoms with Gasteiger partial charge >= 0.3 is 0 Å². The Morgan fingerprint density at radius 3 is 2.50 bits per heavy atom. The van der Waals surface area contributed by atoms with E-state index in [1.807, 2.05) is 26.6 Å². The number of nitrogens with one attached hydrogen (secondary N) is 5. The van der Waals surface area contributed by atoms with E-state index in [-0.39, 0.29) is 23.9 Å². The van der Waals surface area contributed by atoms with Crippen LogP contribution in [0.5, 0.6) is 0 Å². The lowest BCUT2D eigenvalue weighted by atomic mass is 10.1. The third-order valence-corrected chi connectivity index (χ3v) is 6.61. The first kappa shape index (κ1) is 31.0. The molecule has 11 nitrogen and oxygen atoms in total. The van der Waals surface area contributed by atoms with Gasteiger partial charge in [0.2, 0.25) is 11.8 Å². The molecule has 3 atom stereocenters. The Labute approximate surface area is 197 Å². The van der Waals surface area contributed by atoms with E-state index >= 15 is 0 Å². The molecule has 32 heavy (non-hydrogen) atoms. The largest absolute Gasteiger partial charge is 0.386 e. The molecule has 0 bridgehead atoms. The average molecular weight is 497 g/mol. The highest BCUT2D eigenvalue weighted by molar-refractivity contribution is 7.98. The Hall–Kier alpha value is -0.980. The van der Waals surface area contributed by atoms with Crippen LogP contribution < -0.4 is 32.6 Å². The second-order valence-corrected chi connectivity index (χ2v) is 9.79. The van der Waals surface area contributed by atoms with Gasteiger partial charge in [0.1, 0.15) is 0 Å². The van der Waals surface area contributed by atoms with Crippen molar-refractivity contribution in [2.75, 3.05) is 59.0 Å². The molecule has 0 aliphatic carbocycles. The summed E-state index contributed by atoms with van der Waals surface area (Å²) in [4.78, 5) is 33.5. The van der Waals surface area contributed by atoms with Crippen LogP contribution in [0.4, 0.5) is 0 Å². The SMILES string of the molecule is C/C=C(/NCCNOC)[C@@H](N)CCC(=O)NCCSOP(C)CC(=O)NCC(C)NOC. The lowest BCUT2D eigenvalue weighted by Gasteiger charge is -2.18. The minimum Gasteiger partial charge on any atom is -0.386 e. The van der Waals surface area contributed by atoms with Crippen LogP contribution in [0.25, 0.3) is 0 Å². The number of hydroxylamine groups is 2. The Bertz CT molecular complexity index is 546. The number of carbonyl (C=O) groups is 2. The van der Waals surface area contributed by atoms with Gasteiger partial charge in [0, 0.05) is 56.1 Å². The number of rotatable bonds is 20. The topological polar surface area (TPSA) is 148 Å². The monoisotopic (exact) mass is 496 g/mol. The van der Waals surface area contributed by atoms with E-state index in [9.17, 15) is 9.59 Å². The average Bonchev–Trinajstić information content (AvgIpc) is 2.76. The number of allylic oxidation sites excluding steroid dienone is 1. The van der Waals surface area contributed by atoms with Crippen molar-refractivity contribution in [1.82, 2.24) is 26.9 Å². The predicted molar refractivity (Wildman–Crippen MR) is 131 cm³/mol.